The number of anilines is 2. The Morgan fingerprint density at radius 2 is 1.08 bits per heavy atom. The molecule has 4 aliphatic rings. The number of benzene rings is 4. The highest BCUT2D eigenvalue weighted by Crippen LogP contribution is 2.37. The van der Waals surface area contributed by atoms with Gasteiger partial charge >= 0.3 is 0 Å². The van der Waals surface area contributed by atoms with Crippen LogP contribution >= 0.6 is 0 Å². The molecule has 0 amide bonds. The van der Waals surface area contributed by atoms with Gasteiger partial charge in [-0.1, -0.05) is 36.4 Å². The number of fused-ring (bicyclic) bond motifs is 2. The topological polar surface area (TPSA) is 90.5 Å². The molecule has 8 rings (SSSR count). The Morgan fingerprint density at radius 1 is 0.608 bits per heavy atom. The molecule has 0 atom stereocenters. The third-order valence-corrected chi connectivity index (χ3v) is 10.6. The highest BCUT2D eigenvalue weighted by Gasteiger charge is 2.38. The first-order chi connectivity index (χ1) is 24.8. The van der Waals surface area contributed by atoms with E-state index in [1.807, 2.05) is 60.7 Å². The largest absolute Gasteiger partial charge is 0.379 e. The minimum Gasteiger partial charge on any atom is -0.379 e. The Hall–Kier alpha value is -4.73. The number of likely N-dealkylation sites (tertiary alicyclic amines) is 1. The zero-order valence-corrected chi connectivity index (χ0v) is 28.9. The maximum atomic E-state index is 13.0. The summed E-state index contributed by atoms with van der Waals surface area (Å²) in [6.45, 7) is 4.92. The van der Waals surface area contributed by atoms with E-state index in [1.165, 1.54) is 36.4 Å². The number of nitrogens with one attached hydrogen (secondary N) is 3. The fraction of sp³-hybridized carbons (Fsp3) is 0.357. The van der Waals surface area contributed by atoms with Crippen LogP contribution in [0.15, 0.2) is 97.1 Å². The predicted octanol–water partition coefficient (Wildman–Crippen LogP) is 8.08. The van der Waals surface area contributed by atoms with Crippen LogP contribution in [0.1, 0.15) is 88.0 Å². The number of aldehydes is 1. The van der Waals surface area contributed by atoms with Crippen LogP contribution in [-0.2, 0) is 6.54 Å². The van der Waals surface area contributed by atoms with E-state index in [0.29, 0.717) is 24.7 Å². The van der Waals surface area contributed by atoms with Gasteiger partial charge in [0.15, 0.2) is 11.6 Å². The monoisotopic (exact) mass is 692 g/mol. The van der Waals surface area contributed by atoms with Crippen molar-refractivity contribution < 1.29 is 23.2 Å². The van der Waals surface area contributed by atoms with Crippen LogP contribution in [0.3, 0.4) is 0 Å². The normalized spacial score (nSPS) is 18.9. The van der Waals surface area contributed by atoms with Gasteiger partial charge in [0.1, 0.15) is 17.9 Å². The molecule has 51 heavy (non-hydrogen) atoms. The summed E-state index contributed by atoms with van der Waals surface area (Å²) in [4.78, 5) is 36.9. The van der Waals surface area contributed by atoms with Crippen molar-refractivity contribution in [2.24, 2.45) is 0 Å². The van der Waals surface area contributed by atoms with Crippen LogP contribution in [0.5, 0.6) is 0 Å². The number of halogens is 2. The molecule has 0 aromatic heterocycles. The van der Waals surface area contributed by atoms with Crippen LogP contribution in [0.4, 0.5) is 20.2 Å². The molecule has 0 radical (unpaired) electrons. The average Bonchev–Trinajstić information content (AvgIpc) is 3.38. The zero-order valence-electron chi connectivity index (χ0n) is 28.9. The summed E-state index contributed by atoms with van der Waals surface area (Å²) in [6, 6.07) is 27.9. The second-order valence-corrected chi connectivity index (χ2v) is 14.1. The average molecular weight is 693 g/mol. The smallest absolute Gasteiger partial charge is 0.165 e. The lowest BCUT2D eigenvalue weighted by molar-refractivity contribution is 0.0960. The van der Waals surface area contributed by atoms with Crippen LogP contribution in [0.25, 0.3) is 0 Å². The standard InChI is InChI=1S/C21H23FN2O.C14H18N2O.C7H5FO/c22-17-7-5-16(6-8-17)15-24-13-11-21(12-14-24)10-9-20(25)18-3-1-2-4-19(18)23-21;17-13-5-6-14(7-9-15-10-8-14)16-12-4-2-1-3-11(12)13;8-7-3-1-6(5-9)2-4-7/h1-8,23H,9-15H2;1-4,15-16H,5-10H2;1-5H. The molecule has 0 aliphatic carbocycles. The number of hydrogen-bond acceptors (Lipinski definition) is 7. The summed E-state index contributed by atoms with van der Waals surface area (Å²) in [5.74, 6) is 0.0187. The number of piperidine rings is 2. The molecule has 4 heterocycles. The molecule has 4 aromatic carbocycles. The van der Waals surface area contributed by atoms with Crippen molar-refractivity contribution >= 4 is 29.2 Å². The number of carbonyl (C=O) groups is 3. The molecular formula is C42H46F2N4O3. The first kappa shape index (κ1) is 36.1. The first-order valence-corrected chi connectivity index (χ1v) is 17.9. The van der Waals surface area contributed by atoms with E-state index in [1.54, 1.807) is 0 Å². The molecule has 0 saturated carbocycles. The van der Waals surface area contributed by atoms with Crippen molar-refractivity contribution in [1.29, 1.82) is 0 Å². The maximum absolute atomic E-state index is 13.0. The van der Waals surface area contributed by atoms with Crippen molar-refractivity contribution in [3.8, 4) is 0 Å². The summed E-state index contributed by atoms with van der Waals surface area (Å²) in [5.41, 5.74) is 5.49. The summed E-state index contributed by atoms with van der Waals surface area (Å²) >= 11 is 0. The van der Waals surface area contributed by atoms with E-state index in [0.717, 1.165) is 99.3 Å². The number of carbonyl (C=O) groups excluding carboxylic acids is 3. The maximum Gasteiger partial charge on any atom is 0.165 e. The second-order valence-electron chi connectivity index (χ2n) is 14.1. The molecular weight excluding hydrogens is 646 g/mol. The van der Waals surface area contributed by atoms with E-state index in [-0.39, 0.29) is 34.3 Å². The van der Waals surface area contributed by atoms with Gasteiger partial charge < -0.3 is 16.0 Å². The van der Waals surface area contributed by atoms with E-state index < -0.39 is 0 Å². The van der Waals surface area contributed by atoms with Gasteiger partial charge in [0.05, 0.1) is 0 Å². The van der Waals surface area contributed by atoms with E-state index in [4.69, 9.17) is 0 Å². The lowest BCUT2D eigenvalue weighted by Crippen LogP contribution is -2.48. The Bertz CT molecular complexity index is 1800. The minimum atomic E-state index is -0.319. The number of nitrogens with zero attached hydrogens (tertiary/aromatic N) is 1. The van der Waals surface area contributed by atoms with E-state index >= 15 is 0 Å². The molecule has 0 unspecified atom stereocenters. The first-order valence-electron chi connectivity index (χ1n) is 17.9. The van der Waals surface area contributed by atoms with Gasteiger partial charge in [-0.15, -0.1) is 0 Å². The highest BCUT2D eigenvalue weighted by molar-refractivity contribution is 6.02. The van der Waals surface area contributed by atoms with Crippen LogP contribution in [0, 0.1) is 11.6 Å². The lowest BCUT2D eigenvalue weighted by Gasteiger charge is -2.42. The summed E-state index contributed by atoms with van der Waals surface area (Å²) in [7, 11) is 0. The number of ketones is 2. The summed E-state index contributed by atoms with van der Waals surface area (Å²) < 4.78 is 25.2. The Kier molecular flexibility index (Phi) is 11.7. The van der Waals surface area contributed by atoms with Crippen molar-refractivity contribution in [3.05, 3.63) is 131 Å². The molecule has 266 valence electrons. The molecule has 2 spiro atoms. The molecule has 3 N–H and O–H groups in total. The fourth-order valence-electron chi connectivity index (χ4n) is 7.53. The molecule has 2 fully saturated rings. The van der Waals surface area contributed by atoms with Crippen molar-refractivity contribution in [2.45, 2.75) is 69.0 Å². The fourth-order valence-corrected chi connectivity index (χ4v) is 7.53. The molecule has 4 aliphatic heterocycles. The van der Waals surface area contributed by atoms with Gasteiger partial charge in [0, 0.05) is 71.6 Å². The number of Topliss-reactive ketones (excluding diaryl/α,β-unsaturated/α-hetero) is 2. The molecule has 7 nitrogen and oxygen atoms in total. The van der Waals surface area contributed by atoms with Crippen LogP contribution < -0.4 is 16.0 Å². The predicted molar refractivity (Wildman–Crippen MR) is 198 cm³/mol. The lowest BCUT2D eigenvalue weighted by atomic mass is 9.83. The van der Waals surface area contributed by atoms with Crippen LogP contribution in [0.2, 0.25) is 0 Å². The Balaban J connectivity index is 0.000000148. The van der Waals surface area contributed by atoms with Gasteiger partial charge in [0.2, 0.25) is 0 Å². The zero-order chi connectivity index (χ0) is 35.7. The summed E-state index contributed by atoms with van der Waals surface area (Å²) in [6.07, 6.45) is 8.08. The third kappa shape index (κ3) is 9.34. The van der Waals surface area contributed by atoms with Crippen LogP contribution in [-0.4, -0.2) is 60.0 Å². The number of hydrogen-bond donors (Lipinski definition) is 3. The number of para-hydroxylation sites is 2. The quantitative estimate of drug-likeness (QED) is 0.187. The Labute approximate surface area is 298 Å². The third-order valence-electron chi connectivity index (χ3n) is 10.6. The van der Waals surface area contributed by atoms with Crippen molar-refractivity contribution in [2.75, 3.05) is 36.8 Å². The van der Waals surface area contributed by atoms with E-state index in [2.05, 4.69) is 20.9 Å². The molecule has 2 saturated heterocycles. The van der Waals surface area contributed by atoms with Gasteiger partial charge in [-0.05, 0) is 118 Å². The highest BCUT2D eigenvalue weighted by atomic mass is 19.1. The summed E-state index contributed by atoms with van der Waals surface area (Å²) in [5, 5.41) is 10.7. The van der Waals surface area contributed by atoms with Gasteiger partial charge in [-0.25, -0.2) is 8.78 Å². The second kappa shape index (κ2) is 16.5. The van der Waals surface area contributed by atoms with Crippen molar-refractivity contribution in [3.63, 3.8) is 0 Å². The number of rotatable bonds is 3. The van der Waals surface area contributed by atoms with Crippen molar-refractivity contribution in [1.82, 2.24) is 10.2 Å². The Morgan fingerprint density at radius 3 is 1.59 bits per heavy atom. The molecule has 0 bridgehead atoms. The van der Waals surface area contributed by atoms with E-state index in [9.17, 15) is 23.2 Å². The SMILES string of the molecule is O=C1CCC2(CCN(Cc3ccc(F)cc3)CC2)Nc2ccccc21.O=C1CCC2(CCNCC2)Nc2ccccc21.O=Cc1ccc(F)cc1. The van der Waals surface area contributed by atoms with Gasteiger partial charge in [-0.3, -0.25) is 19.3 Å². The minimum absolute atomic E-state index is 0.0154. The van der Waals surface area contributed by atoms with Gasteiger partial charge in [-0.2, -0.15) is 0 Å². The molecule has 4 aromatic rings. The molecule has 9 heteroatoms. The van der Waals surface area contributed by atoms with Gasteiger partial charge in [0.25, 0.3) is 0 Å².